The van der Waals surface area contributed by atoms with Crippen LogP contribution in [-0.2, 0) is 28.8 Å². The minimum atomic E-state index is -1.50. The highest BCUT2D eigenvalue weighted by atomic mass is 16.4. The zero-order valence-corrected chi connectivity index (χ0v) is 26.1. The van der Waals surface area contributed by atoms with Crippen molar-refractivity contribution in [1.82, 2.24) is 26.2 Å². The summed E-state index contributed by atoms with van der Waals surface area (Å²) < 4.78 is 0. The number of hydrogen-bond donors (Lipinski definition) is 8. The third-order valence-electron chi connectivity index (χ3n) is 7.29. The van der Waals surface area contributed by atoms with Crippen molar-refractivity contribution in [3.63, 3.8) is 0 Å². The number of carbonyl (C=O) groups is 6. The van der Waals surface area contributed by atoms with Crippen molar-refractivity contribution in [2.45, 2.75) is 110 Å². The van der Waals surface area contributed by atoms with Gasteiger partial charge in [0.1, 0.15) is 30.2 Å². The van der Waals surface area contributed by atoms with Crippen molar-refractivity contribution in [1.29, 1.82) is 0 Å². The predicted molar refractivity (Wildman–Crippen MR) is 156 cm³/mol. The molecule has 0 saturated carbocycles. The van der Waals surface area contributed by atoms with Crippen LogP contribution < -0.4 is 27.0 Å². The highest BCUT2D eigenvalue weighted by Crippen LogP contribution is 2.20. The number of carboxylic acids is 1. The molecule has 0 unspecified atom stereocenters. The van der Waals surface area contributed by atoms with Gasteiger partial charge in [0, 0.05) is 6.54 Å². The third-order valence-corrected chi connectivity index (χ3v) is 7.29. The summed E-state index contributed by atoms with van der Waals surface area (Å²) in [4.78, 5) is 77.9. The molecule has 43 heavy (non-hydrogen) atoms. The van der Waals surface area contributed by atoms with Crippen molar-refractivity contribution in [3.8, 4) is 0 Å². The fourth-order valence-corrected chi connectivity index (χ4v) is 4.64. The standard InChI is InChI=1S/C28H50N6O9/c1-13(2)11-17(27(41)34-10-8-9-19(34)28(42)43)30-23(37)18(12-35)31-25(39)21(15(5)6)32-26(40)22(16(7)36)33-24(38)20(29)14(3)4/h13-22,35-36H,8-12,29H2,1-7H3,(H,30,37)(H,31,39)(H,32,40)(H,33,38)(H,42,43)/t16-,17+,18+,19+,20+,21+,22+/m1/s1. The van der Waals surface area contributed by atoms with Crippen LogP contribution in [0.25, 0.3) is 0 Å². The summed E-state index contributed by atoms with van der Waals surface area (Å²) in [6.07, 6.45) is -0.336. The van der Waals surface area contributed by atoms with E-state index in [2.05, 4.69) is 21.3 Å². The quantitative estimate of drug-likeness (QED) is 0.0956. The van der Waals surface area contributed by atoms with Crippen LogP contribution in [0.4, 0.5) is 0 Å². The van der Waals surface area contributed by atoms with Gasteiger partial charge in [0.2, 0.25) is 29.5 Å². The molecular weight excluding hydrogens is 564 g/mol. The number of amides is 5. The number of carboxylic acid groups (broad SMARTS) is 1. The topological polar surface area (TPSA) is 240 Å². The van der Waals surface area contributed by atoms with Crippen LogP contribution in [0.2, 0.25) is 0 Å². The number of likely N-dealkylation sites (tertiary alicyclic amines) is 1. The summed E-state index contributed by atoms with van der Waals surface area (Å²) in [6, 6.07) is -7.19. The molecule has 1 heterocycles. The van der Waals surface area contributed by atoms with Gasteiger partial charge in [-0.25, -0.2) is 4.79 Å². The summed E-state index contributed by atoms with van der Waals surface area (Å²) in [5.74, 6) is -5.73. The van der Waals surface area contributed by atoms with Crippen molar-refractivity contribution < 1.29 is 44.1 Å². The molecule has 0 aliphatic carbocycles. The van der Waals surface area contributed by atoms with Gasteiger partial charge in [-0.2, -0.15) is 0 Å². The van der Waals surface area contributed by atoms with Gasteiger partial charge in [0.05, 0.1) is 18.8 Å². The Morgan fingerprint density at radius 3 is 1.79 bits per heavy atom. The first-order valence-corrected chi connectivity index (χ1v) is 14.7. The number of aliphatic hydroxyl groups is 2. The zero-order chi connectivity index (χ0) is 33.2. The number of nitrogens with two attached hydrogens (primary N) is 1. The number of nitrogens with one attached hydrogen (secondary N) is 4. The highest BCUT2D eigenvalue weighted by molar-refractivity contribution is 5.96. The molecule has 5 amide bonds. The molecule has 0 bridgehead atoms. The van der Waals surface area contributed by atoms with E-state index in [-0.39, 0.29) is 24.8 Å². The Balaban J connectivity index is 3.04. The van der Waals surface area contributed by atoms with Crippen molar-refractivity contribution in [3.05, 3.63) is 0 Å². The van der Waals surface area contributed by atoms with Crippen molar-refractivity contribution in [2.24, 2.45) is 23.5 Å². The molecule has 15 nitrogen and oxygen atoms in total. The lowest BCUT2D eigenvalue weighted by Gasteiger charge is -2.30. The molecule has 0 aromatic carbocycles. The van der Waals surface area contributed by atoms with Gasteiger partial charge in [-0.15, -0.1) is 0 Å². The molecule has 0 aromatic heterocycles. The Morgan fingerprint density at radius 2 is 1.33 bits per heavy atom. The van der Waals surface area contributed by atoms with Crippen molar-refractivity contribution >= 4 is 35.5 Å². The molecule has 15 heteroatoms. The lowest BCUT2D eigenvalue weighted by molar-refractivity contribution is -0.149. The summed E-state index contributed by atoms with van der Waals surface area (Å²) in [7, 11) is 0. The van der Waals surface area contributed by atoms with E-state index in [9.17, 15) is 44.1 Å². The molecule has 7 atom stereocenters. The molecule has 0 aromatic rings. The minimum Gasteiger partial charge on any atom is -0.480 e. The van der Waals surface area contributed by atoms with Crippen LogP contribution in [0.3, 0.4) is 0 Å². The van der Waals surface area contributed by atoms with Gasteiger partial charge in [-0.1, -0.05) is 41.5 Å². The largest absolute Gasteiger partial charge is 0.480 e. The fraction of sp³-hybridized carbons (Fsp3) is 0.786. The molecular formula is C28H50N6O9. The molecule has 246 valence electrons. The maximum absolute atomic E-state index is 13.3. The second-order valence-corrected chi connectivity index (χ2v) is 12.2. The summed E-state index contributed by atoms with van der Waals surface area (Å²) in [5.41, 5.74) is 5.84. The van der Waals surface area contributed by atoms with Crippen LogP contribution in [-0.4, -0.2) is 111 Å². The Bertz CT molecular complexity index is 1000. The Morgan fingerprint density at radius 1 is 0.791 bits per heavy atom. The first-order valence-electron chi connectivity index (χ1n) is 14.7. The maximum Gasteiger partial charge on any atom is 0.326 e. The van der Waals surface area contributed by atoms with E-state index in [4.69, 9.17) is 5.73 Å². The predicted octanol–water partition coefficient (Wildman–Crippen LogP) is -1.94. The second kappa shape index (κ2) is 17.1. The van der Waals surface area contributed by atoms with Crippen LogP contribution >= 0.6 is 0 Å². The average Bonchev–Trinajstić information content (AvgIpc) is 3.41. The zero-order valence-electron chi connectivity index (χ0n) is 26.1. The number of rotatable bonds is 16. The number of carbonyl (C=O) groups excluding carboxylic acids is 5. The molecule has 1 saturated heterocycles. The monoisotopic (exact) mass is 614 g/mol. The van der Waals surface area contributed by atoms with Crippen LogP contribution in [0.5, 0.6) is 0 Å². The summed E-state index contributed by atoms with van der Waals surface area (Å²) in [5, 5.41) is 39.4. The lowest BCUT2D eigenvalue weighted by Crippen LogP contribution is -2.62. The van der Waals surface area contributed by atoms with E-state index >= 15 is 0 Å². The molecule has 1 aliphatic rings. The van der Waals surface area contributed by atoms with E-state index in [1.807, 2.05) is 13.8 Å². The maximum atomic E-state index is 13.3. The number of aliphatic hydroxyl groups excluding tert-OH is 2. The van der Waals surface area contributed by atoms with Gasteiger partial charge in [-0.05, 0) is 43.9 Å². The summed E-state index contributed by atoms with van der Waals surface area (Å²) >= 11 is 0. The van der Waals surface area contributed by atoms with E-state index in [0.29, 0.717) is 12.8 Å². The third kappa shape index (κ3) is 11.0. The Labute approximate surface area is 252 Å². The molecule has 9 N–H and O–H groups in total. The Kier molecular flexibility index (Phi) is 15.0. The average molecular weight is 615 g/mol. The summed E-state index contributed by atoms with van der Waals surface area (Å²) in [6.45, 7) is 11.0. The van der Waals surface area contributed by atoms with E-state index in [0.717, 1.165) is 0 Å². The van der Waals surface area contributed by atoms with E-state index in [1.54, 1.807) is 27.7 Å². The normalized spacial score (nSPS) is 19.3. The highest BCUT2D eigenvalue weighted by Gasteiger charge is 2.39. The Hall–Kier alpha value is -3.30. The van der Waals surface area contributed by atoms with Gasteiger partial charge in [0.15, 0.2) is 0 Å². The lowest BCUT2D eigenvalue weighted by atomic mass is 10.0. The molecule has 0 radical (unpaired) electrons. The molecule has 1 fully saturated rings. The molecule has 1 aliphatic heterocycles. The van der Waals surface area contributed by atoms with Gasteiger partial charge < -0.3 is 47.2 Å². The van der Waals surface area contributed by atoms with Gasteiger partial charge in [0.25, 0.3) is 0 Å². The molecule has 0 spiro atoms. The minimum absolute atomic E-state index is 0.0553. The number of aliphatic carboxylic acids is 1. The van der Waals surface area contributed by atoms with Gasteiger partial charge in [-0.3, -0.25) is 24.0 Å². The fourth-order valence-electron chi connectivity index (χ4n) is 4.64. The number of hydrogen-bond acceptors (Lipinski definition) is 9. The van der Waals surface area contributed by atoms with Crippen molar-refractivity contribution in [2.75, 3.05) is 13.2 Å². The smallest absolute Gasteiger partial charge is 0.326 e. The van der Waals surface area contributed by atoms with Crippen LogP contribution in [0, 0.1) is 17.8 Å². The second-order valence-electron chi connectivity index (χ2n) is 12.2. The van der Waals surface area contributed by atoms with Gasteiger partial charge >= 0.3 is 5.97 Å². The van der Waals surface area contributed by atoms with E-state index in [1.165, 1.54) is 11.8 Å². The molecule has 1 rings (SSSR count). The number of nitrogens with zero attached hydrogens (tertiary/aromatic N) is 1. The van der Waals surface area contributed by atoms with Crippen LogP contribution in [0.1, 0.15) is 67.7 Å². The van der Waals surface area contributed by atoms with E-state index < -0.39 is 90.4 Å². The first-order chi connectivity index (χ1) is 19.9. The first kappa shape index (κ1) is 37.7. The SMILES string of the molecule is CC(C)C[C@H](NC(=O)[C@H](CO)NC(=O)[C@@H](NC(=O)[C@@H](NC(=O)[C@@H](N)C(C)C)[C@@H](C)O)C(C)C)C(=O)N1CCC[C@H]1C(=O)O. The van der Waals surface area contributed by atoms with Crippen LogP contribution in [0.15, 0.2) is 0 Å².